The minimum Gasteiger partial charge on any atom is -0.373 e. The van der Waals surface area contributed by atoms with Crippen LogP contribution in [0.5, 0.6) is 0 Å². The zero-order valence-electron chi connectivity index (χ0n) is 11.5. The van der Waals surface area contributed by atoms with Crippen molar-refractivity contribution >= 4 is 22.9 Å². The molecule has 1 atom stereocenters. The molecular formula is C14H23ClN2OS. The van der Waals surface area contributed by atoms with Crippen LogP contribution in [0.1, 0.15) is 56.4 Å². The number of rotatable bonds is 5. The van der Waals surface area contributed by atoms with Crippen molar-refractivity contribution in [2.24, 2.45) is 5.84 Å². The molecule has 2 rings (SSSR count). The van der Waals surface area contributed by atoms with Gasteiger partial charge in [0.15, 0.2) is 0 Å². The van der Waals surface area contributed by atoms with Gasteiger partial charge in [0.1, 0.15) is 0 Å². The number of nitrogens with one attached hydrogen (secondary N) is 1. The molecule has 1 aliphatic rings. The molecule has 0 saturated heterocycles. The van der Waals surface area contributed by atoms with Crippen LogP contribution >= 0.6 is 22.9 Å². The maximum Gasteiger partial charge on any atom is 0.0931 e. The van der Waals surface area contributed by atoms with Gasteiger partial charge in [-0.05, 0) is 31.9 Å². The Morgan fingerprint density at radius 2 is 2.05 bits per heavy atom. The largest absolute Gasteiger partial charge is 0.373 e. The molecule has 108 valence electrons. The van der Waals surface area contributed by atoms with Crippen molar-refractivity contribution < 1.29 is 4.74 Å². The van der Waals surface area contributed by atoms with E-state index in [2.05, 4.69) is 18.4 Å². The first-order chi connectivity index (χ1) is 9.22. The summed E-state index contributed by atoms with van der Waals surface area (Å²) in [7, 11) is 0. The number of halogens is 1. The number of hydrogen-bond acceptors (Lipinski definition) is 4. The summed E-state index contributed by atoms with van der Waals surface area (Å²) in [6.07, 6.45) is 7.11. The van der Waals surface area contributed by atoms with Gasteiger partial charge in [0.05, 0.1) is 16.0 Å². The van der Waals surface area contributed by atoms with Crippen molar-refractivity contribution in [2.45, 2.75) is 57.1 Å². The molecule has 0 bridgehead atoms. The number of thiophene rings is 1. The molecule has 1 saturated carbocycles. The van der Waals surface area contributed by atoms with E-state index < -0.39 is 0 Å². The molecular weight excluding hydrogens is 280 g/mol. The first-order valence-corrected chi connectivity index (χ1v) is 8.26. The summed E-state index contributed by atoms with van der Waals surface area (Å²) in [5.41, 5.74) is 2.80. The van der Waals surface area contributed by atoms with Crippen LogP contribution in [0.3, 0.4) is 0 Å². The van der Waals surface area contributed by atoms with Crippen LogP contribution < -0.4 is 11.3 Å². The lowest BCUT2D eigenvalue weighted by Crippen LogP contribution is -2.48. The Labute approximate surface area is 124 Å². The highest BCUT2D eigenvalue weighted by atomic mass is 35.5. The van der Waals surface area contributed by atoms with E-state index >= 15 is 0 Å². The lowest BCUT2D eigenvalue weighted by atomic mass is 9.85. The highest BCUT2D eigenvalue weighted by molar-refractivity contribution is 7.16. The first kappa shape index (κ1) is 15.3. The lowest BCUT2D eigenvalue weighted by molar-refractivity contribution is -0.0775. The molecule has 1 fully saturated rings. The van der Waals surface area contributed by atoms with E-state index in [1.807, 2.05) is 6.07 Å². The van der Waals surface area contributed by atoms with Gasteiger partial charge < -0.3 is 4.74 Å². The van der Waals surface area contributed by atoms with Gasteiger partial charge in [-0.2, -0.15) is 0 Å². The van der Waals surface area contributed by atoms with E-state index in [9.17, 15) is 0 Å². The fourth-order valence-corrected chi connectivity index (χ4v) is 4.34. The zero-order valence-corrected chi connectivity index (χ0v) is 13.0. The van der Waals surface area contributed by atoms with Crippen LogP contribution in [0.25, 0.3) is 0 Å². The molecule has 19 heavy (non-hydrogen) atoms. The molecule has 0 spiro atoms. The Balaban J connectivity index is 2.28. The van der Waals surface area contributed by atoms with Gasteiger partial charge in [0, 0.05) is 11.5 Å². The van der Waals surface area contributed by atoms with E-state index in [1.165, 1.54) is 30.6 Å². The summed E-state index contributed by atoms with van der Waals surface area (Å²) in [5, 5.41) is 0. The summed E-state index contributed by atoms with van der Waals surface area (Å²) < 4.78 is 6.99. The van der Waals surface area contributed by atoms with Gasteiger partial charge in [-0.3, -0.25) is 5.84 Å². The number of nitrogens with two attached hydrogens (primary N) is 1. The summed E-state index contributed by atoms with van der Waals surface area (Å²) in [6.45, 7) is 2.78. The van der Waals surface area contributed by atoms with Gasteiger partial charge in [-0.1, -0.05) is 37.3 Å². The van der Waals surface area contributed by atoms with Gasteiger partial charge >= 0.3 is 0 Å². The molecule has 3 N–H and O–H groups in total. The molecule has 1 unspecified atom stereocenters. The van der Waals surface area contributed by atoms with Crippen molar-refractivity contribution in [3.8, 4) is 0 Å². The SMILES string of the molecule is CCOC1(C(NN)c2ccc(Cl)s2)CCCCCC1. The highest BCUT2D eigenvalue weighted by Gasteiger charge is 2.40. The van der Waals surface area contributed by atoms with Crippen LogP contribution in [0, 0.1) is 0 Å². The van der Waals surface area contributed by atoms with E-state index in [-0.39, 0.29) is 11.6 Å². The van der Waals surface area contributed by atoms with E-state index in [0.717, 1.165) is 23.8 Å². The third-order valence-corrected chi connectivity index (χ3v) is 5.25. The molecule has 1 aromatic heterocycles. The topological polar surface area (TPSA) is 47.3 Å². The lowest BCUT2D eigenvalue weighted by Gasteiger charge is -2.39. The first-order valence-electron chi connectivity index (χ1n) is 7.07. The van der Waals surface area contributed by atoms with Gasteiger partial charge in [-0.15, -0.1) is 11.3 Å². The third kappa shape index (κ3) is 3.50. The normalized spacial score (nSPS) is 21.0. The maximum atomic E-state index is 6.19. The molecule has 0 amide bonds. The van der Waals surface area contributed by atoms with E-state index in [0.29, 0.717) is 0 Å². The summed E-state index contributed by atoms with van der Waals surface area (Å²) >= 11 is 7.65. The Bertz CT molecular complexity index is 389. The Hall–Kier alpha value is -0.130. The molecule has 3 nitrogen and oxygen atoms in total. The smallest absolute Gasteiger partial charge is 0.0931 e. The second kappa shape index (κ2) is 7.04. The van der Waals surface area contributed by atoms with Gasteiger partial charge in [0.2, 0.25) is 0 Å². The Kier molecular flexibility index (Phi) is 5.66. The monoisotopic (exact) mass is 302 g/mol. The fraction of sp³-hybridized carbons (Fsp3) is 0.714. The average Bonchev–Trinajstić information content (AvgIpc) is 2.67. The predicted octanol–water partition coefficient (Wildman–Crippen LogP) is 4.04. The van der Waals surface area contributed by atoms with Gasteiger partial charge in [0.25, 0.3) is 0 Å². The summed E-state index contributed by atoms with van der Waals surface area (Å²) in [6, 6.07) is 4.02. The Morgan fingerprint density at radius 3 is 2.53 bits per heavy atom. The minimum atomic E-state index is -0.186. The molecule has 0 aromatic carbocycles. The highest BCUT2D eigenvalue weighted by Crippen LogP contribution is 2.42. The zero-order chi connectivity index (χ0) is 13.7. The van der Waals surface area contributed by atoms with Crippen LogP contribution in [-0.2, 0) is 4.74 Å². The molecule has 0 radical (unpaired) electrons. The predicted molar refractivity (Wildman–Crippen MR) is 81.5 cm³/mol. The van der Waals surface area contributed by atoms with Gasteiger partial charge in [-0.25, -0.2) is 5.43 Å². The second-order valence-corrected chi connectivity index (χ2v) is 6.90. The van der Waals surface area contributed by atoms with Crippen LogP contribution in [0.15, 0.2) is 12.1 Å². The standard InChI is InChI=1S/C14H23ClN2OS/c1-2-18-14(9-5-3-4-6-10-14)13(17-16)11-7-8-12(15)19-11/h7-8,13,17H,2-6,9-10,16H2,1H3. The summed E-state index contributed by atoms with van der Waals surface area (Å²) in [5.74, 6) is 5.84. The van der Waals surface area contributed by atoms with E-state index in [4.69, 9.17) is 22.2 Å². The van der Waals surface area contributed by atoms with Crippen LogP contribution in [-0.4, -0.2) is 12.2 Å². The van der Waals surface area contributed by atoms with Crippen molar-refractivity contribution in [3.05, 3.63) is 21.3 Å². The van der Waals surface area contributed by atoms with Crippen molar-refractivity contribution in [1.29, 1.82) is 0 Å². The number of ether oxygens (including phenoxy) is 1. The number of hydrazine groups is 1. The molecule has 1 aromatic rings. The van der Waals surface area contributed by atoms with E-state index in [1.54, 1.807) is 11.3 Å². The molecule has 1 heterocycles. The maximum absolute atomic E-state index is 6.19. The van der Waals surface area contributed by atoms with Crippen molar-refractivity contribution in [1.82, 2.24) is 5.43 Å². The number of hydrogen-bond donors (Lipinski definition) is 2. The van der Waals surface area contributed by atoms with Crippen LogP contribution in [0.2, 0.25) is 4.34 Å². The van der Waals surface area contributed by atoms with Crippen molar-refractivity contribution in [2.75, 3.05) is 6.61 Å². The molecule has 0 aliphatic heterocycles. The molecule has 5 heteroatoms. The second-order valence-electron chi connectivity index (χ2n) is 5.15. The van der Waals surface area contributed by atoms with Crippen molar-refractivity contribution in [3.63, 3.8) is 0 Å². The molecule has 1 aliphatic carbocycles. The third-order valence-electron chi connectivity index (χ3n) is 3.95. The Morgan fingerprint density at radius 1 is 1.37 bits per heavy atom. The fourth-order valence-electron chi connectivity index (χ4n) is 3.11. The summed E-state index contributed by atoms with van der Waals surface area (Å²) in [4.78, 5) is 1.17. The quantitative estimate of drug-likeness (QED) is 0.490. The van der Waals surface area contributed by atoms with Crippen LogP contribution in [0.4, 0.5) is 0 Å². The average molecular weight is 303 g/mol. The minimum absolute atomic E-state index is 0.0306.